The molecule has 3 heterocycles. The lowest BCUT2D eigenvalue weighted by Gasteiger charge is -2.47. The minimum absolute atomic E-state index is 0.0631. The van der Waals surface area contributed by atoms with Crippen LogP contribution in [0.1, 0.15) is 49.1 Å². The van der Waals surface area contributed by atoms with Crippen LogP contribution in [0, 0.1) is 12.3 Å². The second-order valence-corrected chi connectivity index (χ2v) is 10.1. The molecule has 172 valence electrons. The van der Waals surface area contributed by atoms with E-state index < -0.39 is 0 Å². The lowest BCUT2D eigenvalue weighted by molar-refractivity contribution is -0.124. The van der Waals surface area contributed by atoms with Crippen molar-refractivity contribution in [3.8, 4) is 5.75 Å². The molecular formula is C28H33N3O2. The Morgan fingerprint density at radius 2 is 1.58 bits per heavy atom. The van der Waals surface area contributed by atoms with Gasteiger partial charge < -0.3 is 14.4 Å². The van der Waals surface area contributed by atoms with E-state index in [2.05, 4.69) is 79.2 Å². The number of benzene rings is 2. The fourth-order valence-corrected chi connectivity index (χ4v) is 4.74. The Balaban J connectivity index is 1.20. The van der Waals surface area contributed by atoms with Crippen LogP contribution in [-0.2, 0) is 16.8 Å². The third-order valence-corrected chi connectivity index (χ3v) is 7.36. The van der Waals surface area contributed by atoms with Crippen LogP contribution >= 0.6 is 0 Å². The fraction of sp³-hybridized carbons (Fsp3) is 0.429. The first-order valence-electron chi connectivity index (χ1n) is 11.9. The van der Waals surface area contributed by atoms with Gasteiger partial charge in [-0.3, -0.25) is 0 Å². The summed E-state index contributed by atoms with van der Waals surface area (Å²) in [5.41, 5.74) is 5.11. The van der Waals surface area contributed by atoms with Crippen molar-refractivity contribution in [2.24, 2.45) is 5.41 Å². The zero-order valence-electron chi connectivity index (χ0n) is 19.9. The SMILES string of the molecule is Cc1ccc(C(C)(C)c2ccc(OCc3ccnc(N4CCC5(CC4)COC5)n3)cc2)cc1. The van der Waals surface area contributed by atoms with E-state index in [1.807, 2.05) is 12.3 Å². The molecule has 0 aliphatic carbocycles. The molecule has 2 aliphatic heterocycles. The molecule has 33 heavy (non-hydrogen) atoms. The van der Waals surface area contributed by atoms with Crippen LogP contribution in [0.3, 0.4) is 0 Å². The van der Waals surface area contributed by atoms with Gasteiger partial charge in [-0.15, -0.1) is 0 Å². The number of piperidine rings is 1. The molecule has 1 spiro atoms. The number of hydrogen-bond acceptors (Lipinski definition) is 5. The molecule has 0 bridgehead atoms. The first-order valence-corrected chi connectivity index (χ1v) is 11.9. The summed E-state index contributed by atoms with van der Waals surface area (Å²) >= 11 is 0. The van der Waals surface area contributed by atoms with E-state index in [1.54, 1.807) is 0 Å². The Hall–Kier alpha value is -2.92. The van der Waals surface area contributed by atoms with E-state index in [9.17, 15) is 0 Å². The zero-order chi connectivity index (χ0) is 22.9. The summed E-state index contributed by atoms with van der Waals surface area (Å²) in [4.78, 5) is 11.6. The highest BCUT2D eigenvalue weighted by Crippen LogP contribution is 2.39. The van der Waals surface area contributed by atoms with Gasteiger partial charge in [0.2, 0.25) is 5.95 Å². The van der Waals surface area contributed by atoms with Gasteiger partial charge in [-0.1, -0.05) is 55.8 Å². The van der Waals surface area contributed by atoms with E-state index in [4.69, 9.17) is 14.5 Å². The van der Waals surface area contributed by atoms with Crippen molar-refractivity contribution in [3.63, 3.8) is 0 Å². The fourth-order valence-electron chi connectivity index (χ4n) is 4.74. The summed E-state index contributed by atoms with van der Waals surface area (Å²) in [5.74, 6) is 1.66. The third kappa shape index (κ3) is 4.60. The molecule has 2 aliphatic rings. The Morgan fingerprint density at radius 3 is 2.18 bits per heavy atom. The Morgan fingerprint density at radius 1 is 0.939 bits per heavy atom. The van der Waals surface area contributed by atoms with Crippen LogP contribution in [0.5, 0.6) is 5.75 Å². The first-order chi connectivity index (χ1) is 15.9. The van der Waals surface area contributed by atoms with E-state index in [0.717, 1.165) is 56.5 Å². The van der Waals surface area contributed by atoms with Crippen molar-refractivity contribution < 1.29 is 9.47 Å². The number of nitrogens with zero attached hydrogens (tertiary/aromatic N) is 3. The monoisotopic (exact) mass is 443 g/mol. The molecule has 1 aromatic heterocycles. The average Bonchev–Trinajstić information content (AvgIpc) is 2.82. The normalized spacial score (nSPS) is 17.6. The van der Waals surface area contributed by atoms with Gasteiger partial charge in [0.1, 0.15) is 12.4 Å². The summed E-state index contributed by atoms with van der Waals surface area (Å²) in [5, 5.41) is 0. The van der Waals surface area contributed by atoms with Gasteiger partial charge in [-0.2, -0.15) is 0 Å². The largest absolute Gasteiger partial charge is 0.487 e. The number of rotatable bonds is 6. The van der Waals surface area contributed by atoms with E-state index in [1.165, 1.54) is 16.7 Å². The van der Waals surface area contributed by atoms with Crippen LogP contribution < -0.4 is 9.64 Å². The van der Waals surface area contributed by atoms with Crippen LogP contribution in [0.2, 0.25) is 0 Å². The smallest absolute Gasteiger partial charge is 0.225 e. The number of ether oxygens (including phenoxy) is 2. The predicted octanol–water partition coefficient (Wildman–Crippen LogP) is 5.31. The molecule has 5 heteroatoms. The zero-order valence-corrected chi connectivity index (χ0v) is 19.9. The van der Waals surface area contributed by atoms with Crippen molar-refractivity contribution in [2.45, 2.75) is 45.6 Å². The number of aryl methyl sites for hydroxylation is 1. The number of aromatic nitrogens is 2. The molecule has 0 N–H and O–H groups in total. The highest BCUT2D eigenvalue weighted by Gasteiger charge is 2.41. The minimum Gasteiger partial charge on any atom is -0.487 e. The maximum atomic E-state index is 6.06. The van der Waals surface area contributed by atoms with Crippen LogP contribution in [0.25, 0.3) is 0 Å². The van der Waals surface area contributed by atoms with E-state index in [-0.39, 0.29) is 5.41 Å². The van der Waals surface area contributed by atoms with Gasteiger partial charge in [-0.25, -0.2) is 9.97 Å². The van der Waals surface area contributed by atoms with Crippen LogP contribution in [-0.4, -0.2) is 36.3 Å². The number of anilines is 1. The van der Waals surface area contributed by atoms with Crippen molar-refractivity contribution in [3.05, 3.63) is 83.2 Å². The second kappa shape index (κ2) is 8.79. The Bertz CT molecular complexity index is 1080. The molecule has 0 saturated carbocycles. The summed E-state index contributed by atoms with van der Waals surface area (Å²) in [6.07, 6.45) is 4.15. The third-order valence-electron chi connectivity index (χ3n) is 7.36. The average molecular weight is 444 g/mol. The topological polar surface area (TPSA) is 47.5 Å². The van der Waals surface area contributed by atoms with Gasteiger partial charge in [0.25, 0.3) is 0 Å². The standard InChI is InChI=1S/C28H33N3O2/c1-21-4-6-22(7-5-21)27(2,3)23-8-10-25(11-9-23)33-18-24-12-15-29-26(30-24)31-16-13-28(14-17-31)19-32-20-28/h4-12,15H,13-14,16-20H2,1-3H3. The molecular weight excluding hydrogens is 410 g/mol. The van der Waals surface area contributed by atoms with E-state index >= 15 is 0 Å². The van der Waals surface area contributed by atoms with E-state index in [0.29, 0.717) is 12.0 Å². The molecule has 3 aromatic rings. The molecule has 0 unspecified atom stereocenters. The molecule has 0 amide bonds. The lowest BCUT2D eigenvalue weighted by atomic mass is 9.77. The van der Waals surface area contributed by atoms with Crippen molar-refractivity contribution >= 4 is 5.95 Å². The van der Waals surface area contributed by atoms with Crippen molar-refractivity contribution in [1.82, 2.24) is 9.97 Å². The van der Waals surface area contributed by atoms with Crippen molar-refractivity contribution in [2.75, 3.05) is 31.2 Å². The maximum absolute atomic E-state index is 6.06. The van der Waals surface area contributed by atoms with Crippen LogP contribution in [0.15, 0.2) is 60.8 Å². The molecule has 0 radical (unpaired) electrons. The summed E-state index contributed by atoms with van der Waals surface area (Å²) in [6, 6.07) is 19.1. The Kier molecular flexibility index (Phi) is 5.83. The lowest BCUT2D eigenvalue weighted by Crippen LogP contribution is -2.51. The summed E-state index contributed by atoms with van der Waals surface area (Å²) in [6.45, 7) is 10.9. The van der Waals surface area contributed by atoms with Crippen molar-refractivity contribution in [1.29, 1.82) is 0 Å². The Labute approximate surface area is 196 Å². The molecule has 0 atom stereocenters. The highest BCUT2D eigenvalue weighted by molar-refractivity contribution is 5.41. The number of hydrogen-bond donors (Lipinski definition) is 0. The molecule has 5 rings (SSSR count). The summed E-state index contributed by atoms with van der Waals surface area (Å²) in [7, 11) is 0. The van der Waals surface area contributed by atoms with Crippen LogP contribution in [0.4, 0.5) is 5.95 Å². The first kappa shape index (κ1) is 21.9. The maximum Gasteiger partial charge on any atom is 0.225 e. The predicted molar refractivity (Wildman–Crippen MR) is 131 cm³/mol. The van der Waals surface area contributed by atoms with Gasteiger partial charge in [0.15, 0.2) is 0 Å². The van der Waals surface area contributed by atoms with Gasteiger partial charge in [-0.05, 0) is 49.1 Å². The molecule has 2 aromatic carbocycles. The van der Waals surface area contributed by atoms with Gasteiger partial charge in [0, 0.05) is 30.1 Å². The molecule has 2 fully saturated rings. The van der Waals surface area contributed by atoms with Gasteiger partial charge >= 0.3 is 0 Å². The highest BCUT2D eigenvalue weighted by atomic mass is 16.5. The molecule has 5 nitrogen and oxygen atoms in total. The molecule has 2 saturated heterocycles. The quantitative estimate of drug-likeness (QED) is 0.517. The second-order valence-electron chi connectivity index (χ2n) is 10.1. The minimum atomic E-state index is -0.0631. The van der Waals surface area contributed by atoms with Gasteiger partial charge in [0.05, 0.1) is 18.9 Å². The summed E-state index contributed by atoms with van der Waals surface area (Å²) < 4.78 is 11.5.